The van der Waals surface area contributed by atoms with Gasteiger partial charge in [-0.3, -0.25) is 4.79 Å². The second-order valence-electron chi connectivity index (χ2n) is 5.10. The molecule has 2 rings (SSSR count). The van der Waals surface area contributed by atoms with Crippen LogP contribution in [0.4, 0.5) is 0 Å². The van der Waals surface area contributed by atoms with Gasteiger partial charge in [0.2, 0.25) is 0 Å². The molecule has 0 heterocycles. The van der Waals surface area contributed by atoms with E-state index < -0.39 is 5.97 Å². The maximum Gasteiger partial charge on any atom is 0.341 e. The van der Waals surface area contributed by atoms with E-state index in [1.807, 2.05) is 30.3 Å². The fourth-order valence-electron chi connectivity index (χ4n) is 2.23. The molecule has 126 valence electrons. The van der Waals surface area contributed by atoms with Crippen LogP contribution in [0.5, 0.6) is 11.5 Å². The van der Waals surface area contributed by atoms with Crippen LogP contribution in [-0.4, -0.2) is 25.5 Å². The summed E-state index contributed by atoms with van der Waals surface area (Å²) in [5.74, 6) is -0.0597. The Labute approximate surface area is 141 Å². The van der Waals surface area contributed by atoms with Crippen molar-refractivity contribution in [2.45, 2.75) is 20.5 Å². The van der Waals surface area contributed by atoms with E-state index in [4.69, 9.17) is 14.2 Å². The number of carbonyl (C=O) groups excluding carboxylic acids is 2. The summed E-state index contributed by atoms with van der Waals surface area (Å²) in [4.78, 5) is 24.0. The van der Waals surface area contributed by atoms with E-state index in [9.17, 15) is 9.59 Å². The first-order valence-corrected chi connectivity index (χ1v) is 7.63. The summed E-state index contributed by atoms with van der Waals surface area (Å²) in [6.07, 6.45) is 0. The van der Waals surface area contributed by atoms with Crippen molar-refractivity contribution in [3.05, 3.63) is 59.2 Å². The van der Waals surface area contributed by atoms with E-state index in [1.165, 1.54) is 20.1 Å². The predicted octanol–water partition coefficient (Wildman–Crippen LogP) is 3.65. The zero-order valence-electron chi connectivity index (χ0n) is 14.0. The minimum Gasteiger partial charge on any atom is -0.496 e. The number of ketones is 1. The van der Waals surface area contributed by atoms with Gasteiger partial charge in [-0.2, -0.15) is 0 Å². The van der Waals surface area contributed by atoms with Gasteiger partial charge >= 0.3 is 5.97 Å². The largest absolute Gasteiger partial charge is 0.496 e. The van der Waals surface area contributed by atoms with Crippen molar-refractivity contribution in [2.24, 2.45) is 0 Å². The number of methoxy groups -OCH3 is 1. The molecule has 2 aromatic rings. The van der Waals surface area contributed by atoms with E-state index in [1.54, 1.807) is 13.0 Å². The second kappa shape index (κ2) is 8.15. The van der Waals surface area contributed by atoms with Crippen molar-refractivity contribution in [1.29, 1.82) is 0 Å². The lowest BCUT2D eigenvalue weighted by Crippen LogP contribution is -2.10. The number of carbonyl (C=O) groups is 2. The summed E-state index contributed by atoms with van der Waals surface area (Å²) in [5, 5.41) is 0. The van der Waals surface area contributed by atoms with Crippen LogP contribution >= 0.6 is 0 Å². The fraction of sp³-hybridized carbons (Fsp3) is 0.263. The van der Waals surface area contributed by atoms with Crippen LogP contribution in [0.3, 0.4) is 0 Å². The lowest BCUT2D eigenvalue weighted by atomic mass is 10.1. The second-order valence-corrected chi connectivity index (χ2v) is 5.10. The highest BCUT2D eigenvalue weighted by Crippen LogP contribution is 2.31. The van der Waals surface area contributed by atoms with Gasteiger partial charge in [0.15, 0.2) is 5.78 Å². The first-order valence-electron chi connectivity index (χ1n) is 7.63. The molecule has 0 saturated heterocycles. The third-order valence-electron chi connectivity index (χ3n) is 3.41. The monoisotopic (exact) mass is 328 g/mol. The van der Waals surface area contributed by atoms with Gasteiger partial charge in [-0.15, -0.1) is 0 Å². The Morgan fingerprint density at radius 2 is 1.71 bits per heavy atom. The Morgan fingerprint density at radius 3 is 2.29 bits per heavy atom. The average Bonchev–Trinajstić information content (AvgIpc) is 2.60. The smallest absolute Gasteiger partial charge is 0.341 e. The molecule has 5 nitrogen and oxygen atoms in total. The standard InChI is InChI=1S/C19H20O5/c1-4-23-19(21)16-10-15(13(2)20)17(22-3)11-18(16)24-12-14-8-6-5-7-9-14/h5-11H,4,12H2,1-3H3. The number of hydrogen-bond acceptors (Lipinski definition) is 5. The number of Topliss-reactive ketones (excluding diaryl/α,β-unsaturated/α-hetero) is 1. The van der Waals surface area contributed by atoms with E-state index in [-0.39, 0.29) is 24.6 Å². The van der Waals surface area contributed by atoms with Crippen LogP contribution in [-0.2, 0) is 11.3 Å². The molecule has 0 aliphatic rings. The SMILES string of the molecule is CCOC(=O)c1cc(C(C)=O)c(OC)cc1OCc1ccccc1. The van der Waals surface area contributed by atoms with Crippen LogP contribution in [0.2, 0.25) is 0 Å². The molecule has 0 N–H and O–H groups in total. The van der Waals surface area contributed by atoms with Crippen molar-refractivity contribution in [3.8, 4) is 11.5 Å². The van der Waals surface area contributed by atoms with Gasteiger partial charge in [0.05, 0.1) is 19.3 Å². The summed E-state index contributed by atoms with van der Waals surface area (Å²) in [6, 6.07) is 12.6. The molecule has 24 heavy (non-hydrogen) atoms. The van der Waals surface area contributed by atoms with Gasteiger partial charge in [-0.1, -0.05) is 30.3 Å². The van der Waals surface area contributed by atoms with Crippen LogP contribution in [0.15, 0.2) is 42.5 Å². The van der Waals surface area contributed by atoms with E-state index in [0.29, 0.717) is 17.1 Å². The first-order chi connectivity index (χ1) is 11.6. The Kier molecular flexibility index (Phi) is 5.95. The fourth-order valence-corrected chi connectivity index (χ4v) is 2.23. The highest BCUT2D eigenvalue weighted by Gasteiger charge is 2.20. The average molecular weight is 328 g/mol. The summed E-state index contributed by atoms with van der Waals surface area (Å²) in [6.45, 7) is 3.66. The van der Waals surface area contributed by atoms with Gasteiger partial charge in [-0.25, -0.2) is 4.79 Å². The van der Waals surface area contributed by atoms with Gasteiger partial charge in [0.25, 0.3) is 0 Å². The number of esters is 1. The van der Waals surface area contributed by atoms with Crippen LogP contribution in [0.25, 0.3) is 0 Å². The number of benzene rings is 2. The molecular weight excluding hydrogens is 308 g/mol. The molecule has 0 unspecified atom stereocenters. The molecule has 0 bridgehead atoms. The van der Waals surface area contributed by atoms with E-state index in [2.05, 4.69) is 0 Å². The molecule has 0 spiro atoms. The first kappa shape index (κ1) is 17.5. The normalized spacial score (nSPS) is 10.1. The van der Waals surface area contributed by atoms with E-state index in [0.717, 1.165) is 5.56 Å². The van der Waals surface area contributed by atoms with Crippen molar-refractivity contribution in [2.75, 3.05) is 13.7 Å². The molecule has 5 heteroatoms. The highest BCUT2D eigenvalue weighted by atomic mass is 16.5. The lowest BCUT2D eigenvalue weighted by Gasteiger charge is -2.15. The van der Waals surface area contributed by atoms with Gasteiger partial charge in [-0.05, 0) is 25.5 Å². The summed E-state index contributed by atoms with van der Waals surface area (Å²) in [5.41, 5.74) is 1.48. The van der Waals surface area contributed by atoms with Gasteiger partial charge in [0, 0.05) is 6.07 Å². The molecule has 0 atom stereocenters. The predicted molar refractivity (Wildman–Crippen MR) is 89.7 cm³/mol. The Morgan fingerprint density at radius 1 is 1.00 bits per heavy atom. The molecule has 0 saturated carbocycles. The molecule has 0 aromatic heterocycles. The molecular formula is C19H20O5. The van der Waals surface area contributed by atoms with Crippen LogP contribution in [0, 0.1) is 0 Å². The molecule has 0 radical (unpaired) electrons. The van der Waals surface area contributed by atoms with Crippen molar-refractivity contribution >= 4 is 11.8 Å². The minimum absolute atomic E-state index is 0.202. The topological polar surface area (TPSA) is 61.8 Å². The van der Waals surface area contributed by atoms with Crippen molar-refractivity contribution in [1.82, 2.24) is 0 Å². The van der Waals surface area contributed by atoms with Crippen LogP contribution in [0.1, 0.15) is 40.1 Å². The molecule has 0 amide bonds. The molecule has 0 fully saturated rings. The summed E-state index contributed by atoms with van der Waals surface area (Å²) in [7, 11) is 1.47. The molecule has 2 aromatic carbocycles. The zero-order valence-corrected chi connectivity index (χ0v) is 14.0. The molecule has 0 aliphatic heterocycles. The highest BCUT2D eigenvalue weighted by molar-refractivity contribution is 6.01. The van der Waals surface area contributed by atoms with Gasteiger partial charge < -0.3 is 14.2 Å². The summed E-state index contributed by atoms with van der Waals surface area (Å²) >= 11 is 0. The number of hydrogen-bond donors (Lipinski definition) is 0. The Balaban J connectivity index is 2.39. The Hall–Kier alpha value is -2.82. The minimum atomic E-state index is -0.536. The van der Waals surface area contributed by atoms with Crippen molar-refractivity contribution in [3.63, 3.8) is 0 Å². The third kappa shape index (κ3) is 4.13. The lowest BCUT2D eigenvalue weighted by molar-refractivity contribution is 0.0521. The number of ether oxygens (including phenoxy) is 3. The third-order valence-corrected chi connectivity index (χ3v) is 3.41. The maximum absolute atomic E-state index is 12.2. The van der Waals surface area contributed by atoms with Gasteiger partial charge in [0.1, 0.15) is 23.7 Å². The quantitative estimate of drug-likeness (QED) is 0.573. The van der Waals surface area contributed by atoms with Crippen LogP contribution < -0.4 is 9.47 Å². The van der Waals surface area contributed by atoms with E-state index >= 15 is 0 Å². The summed E-state index contributed by atoms with van der Waals surface area (Å²) < 4.78 is 16.1. The number of rotatable bonds is 7. The maximum atomic E-state index is 12.2. The van der Waals surface area contributed by atoms with Crippen molar-refractivity contribution < 1.29 is 23.8 Å². The Bertz CT molecular complexity index is 722. The molecule has 0 aliphatic carbocycles. The zero-order chi connectivity index (χ0) is 17.5.